The van der Waals surface area contributed by atoms with Crippen molar-refractivity contribution in [3.05, 3.63) is 69.7 Å². The molecule has 1 heterocycles. The van der Waals surface area contributed by atoms with Crippen molar-refractivity contribution in [1.82, 2.24) is 10.3 Å². The van der Waals surface area contributed by atoms with Crippen molar-refractivity contribution in [2.24, 2.45) is 0 Å². The van der Waals surface area contributed by atoms with Crippen LogP contribution in [0.5, 0.6) is 11.5 Å². The second kappa shape index (κ2) is 10.8. The van der Waals surface area contributed by atoms with E-state index in [-0.39, 0.29) is 12.3 Å². The topological polar surface area (TPSA) is 72.5 Å². The Kier molecular flexibility index (Phi) is 7.82. The molecule has 0 saturated carbocycles. The van der Waals surface area contributed by atoms with E-state index in [1.54, 1.807) is 14.2 Å². The molecule has 6 nitrogen and oxygen atoms in total. The van der Waals surface area contributed by atoms with Crippen LogP contribution >= 0.6 is 11.3 Å². The van der Waals surface area contributed by atoms with Gasteiger partial charge in [-0.3, -0.25) is 4.79 Å². The summed E-state index contributed by atoms with van der Waals surface area (Å²) in [6.07, 6.45) is 1.15. The van der Waals surface area contributed by atoms with Gasteiger partial charge in [0.2, 0.25) is 5.91 Å². The lowest BCUT2D eigenvalue weighted by molar-refractivity contribution is -0.115. The number of hydrogen-bond acceptors (Lipinski definition) is 6. The summed E-state index contributed by atoms with van der Waals surface area (Å²) in [4.78, 5) is 16.8. The van der Waals surface area contributed by atoms with E-state index in [0.29, 0.717) is 6.54 Å². The van der Waals surface area contributed by atoms with E-state index in [2.05, 4.69) is 15.6 Å². The molecule has 0 aliphatic rings. The second-order valence-electron chi connectivity index (χ2n) is 6.89. The maximum Gasteiger partial charge on any atom is 0.231 e. The number of benzene rings is 2. The molecule has 7 heteroatoms. The van der Waals surface area contributed by atoms with E-state index in [4.69, 9.17) is 9.47 Å². The van der Waals surface area contributed by atoms with Gasteiger partial charge >= 0.3 is 0 Å². The molecule has 0 aliphatic carbocycles. The van der Waals surface area contributed by atoms with E-state index >= 15 is 0 Å². The third kappa shape index (κ3) is 6.05. The lowest BCUT2D eigenvalue weighted by Gasteiger charge is -2.09. The zero-order chi connectivity index (χ0) is 21.3. The number of carbonyl (C=O) groups is 1. The number of amides is 1. The van der Waals surface area contributed by atoms with Gasteiger partial charge in [0, 0.05) is 17.6 Å². The van der Waals surface area contributed by atoms with Crippen molar-refractivity contribution in [1.29, 1.82) is 0 Å². The molecule has 0 spiro atoms. The molecule has 0 aliphatic heterocycles. The summed E-state index contributed by atoms with van der Waals surface area (Å²) in [5, 5.41) is 9.17. The van der Waals surface area contributed by atoms with Gasteiger partial charge in [-0.15, -0.1) is 11.3 Å². The molecule has 0 unspecified atom stereocenters. The van der Waals surface area contributed by atoms with Crippen LogP contribution in [0.1, 0.15) is 21.8 Å². The Balaban J connectivity index is 1.43. The summed E-state index contributed by atoms with van der Waals surface area (Å²) in [6, 6.07) is 13.7. The Morgan fingerprint density at radius 3 is 2.67 bits per heavy atom. The quantitative estimate of drug-likeness (QED) is 0.481. The third-order valence-electron chi connectivity index (χ3n) is 4.67. The molecule has 2 N–H and O–H groups in total. The van der Waals surface area contributed by atoms with E-state index in [1.807, 2.05) is 54.8 Å². The third-order valence-corrected chi connectivity index (χ3v) is 5.57. The van der Waals surface area contributed by atoms with Crippen LogP contribution in [0.25, 0.3) is 0 Å². The minimum absolute atomic E-state index is 0.0494. The number of hydrogen-bond donors (Lipinski definition) is 2. The normalized spacial score (nSPS) is 10.6. The Hall–Kier alpha value is -2.90. The zero-order valence-corrected chi connectivity index (χ0v) is 18.3. The van der Waals surface area contributed by atoms with Crippen molar-refractivity contribution in [2.75, 3.05) is 26.1 Å². The molecule has 0 saturated heterocycles. The fourth-order valence-electron chi connectivity index (χ4n) is 3.04. The number of carbonyl (C=O) groups excluding carboxylic acids is 1. The van der Waals surface area contributed by atoms with Gasteiger partial charge in [0.25, 0.3) is 0 Å². The predicted octanol–water partition coefficient (Wildman–Crippen LogP) is 3.98. The first kappa shape index (κ1) is 21.8. The highest BCUT2D eigenvalue weighted by atomic mass is 32.1. The molecule has 0 fully saturated rings. The van der Waals surface area contributed by atoms with Gasteiger partial charge in [0.15, 0.2) is 11.5 Å². The smallest absolute Gasteiger partial charge is 0.231 e. The van der Waals surface area contributed by atoms with Crippen LogP contribution in [-0.2, 0) is 24.2 Å². The van der Waals surface area contributed by atoms with Crippen molar-refractivity contribution in [3.8, 4) is 11.5 Å². The Bertz CT molecular complexity index is 987. The number of nitrogens with zero attached hydrogens (tertiary/aromatic N) is 1. The lowest BCUT2D eigenvalue weighted by Crippen LogP contribution is -2.17. The first-order valence-electron chi connectivity index (χ1n) is 9.79. The van der Waals surface area contributed by atoms with Crippen LogP contribution in [0, 0.1) is 6.92 Å². The first-order chi connectivity index (χ1) is 14.6. The first-order valence-corrected chi connectivity index (χ1v) is 10.7. The highest BCUT2D eigenvalue weighted by Gasteiger charge is 2.10. The van der Waals surface area contributed by atoms with Crippen molar-refractivity contribution in [3.63, 3.8) is 0 Å². The van der Waals surface area contributed by atoms with E-state index < -0.39 is 0 Å². The van der Waals surface area contributed by atoms with Gasteiger partial charge in [0.1, 0.15) is 5.01 Å². The fraction of sp³-hybridized carbons (Fsp3) is 0.304. The standard InChI is InChI=1S/C23H27N3O3S/c1-16-6-4-5-7-19(16)26-22(27)13-23-25-18(15-30-23)14-24-11-10-17-8-9-20(28-2)21(12-17)29-3/h4-9,12,15,24H,10-11,13-14H2,1-3H3,(H,26,27). The van der Waals surface area contributed by atoms with E-state index in [9.17, 15) is 4.79 Å². The number of rotatable bonds is 10. The summed E-state index contributed by atoms with van der Waals surface area (Å²) in [5.74, 6) is 1.42. The van der Waals surface area contributed by atoms with Crippen molar-refractivity contribution >= 4 is 22.9 Å². The highest BCUT2D eigenvalue weighted by molar-refractivity contribution is 7.09. The lowest BCUT2D eigenvalue weighted by atomic mass is 10.1. The van der Waals surface area contributed by atoms with Gasteiger partial charge in [-0.25, -0.2) is 4.98 Å². The SMILES string of the molecule is COc1ccc(CCNCc2csc(CC(=O)Nc3ccccc3C)n2)cc1OC. The van der Waals surface area contributed by atoms with Gasteiger partial charge in [-0.05, 0) is 49.2 Å². The largest absolute Gasteiger partial charge is 0.493 e. The number of nitrogens with one attached hydrogen (secondary N) is 2. The molecule has 3 rings (SSSR count). The van der Waals surface area contributed by atoms with Crippen LogP contribution in [0.4, 0.5) is 5.69 Å². The summed E-state index contributed by atoms with van der Waals surface area (Å²) in [5.41, 5.74) is 4.01. The molecular weight excluding hydrogens is 398 g/mol. The monoisotopic (exact) mass is 425 g/mol. The second-order valence-corrected chi connectivity index (χ2v) is 7.83. The number of anilines is 1. The molecule has 0 atom stereocenters. The maximum absolute atomic E-state index is 12.3. The molecule has 30 heavy (non-hydrogen) atoms. The number of para-hydroxylation sites is 1. The van der Waals surface area contributed by atoms with Gasteiger partial charge in [-0.2, -0.15) is 0 Å². The van der Waals surface area contributed by atoms with E-state index in [0.717, 1.165) is 46.4 Å². The highest BCUT2D eigenvalue weighted by Crippen LogP contribution is 2.27. The molecular formula is C23H27N3O3S. The Morgan fingerprint density at radius 1 is 1.10 bits per heavy atom. The molecule has 1 aromatic heterocycles. The number of aromatic nitrogens is 1. The summed E-state index contributed by atoms with van der Waals surface area (Å²) < 4.78 is 10.6. The van der Waals surface area contributed by atoms with E-state index in [1.165, 1.54) is 16.9 Å². The van der Waals surface area contributed by atoms with Gasteiger partial charge < -0.3 is 20.1 Å². The average molecular weight is 426 g/mol. The average Bonchev–Trinajstić information content (AvgIpc) is 3.19. The molecule has 1 amide bonds. The summed E-state index contributed by atoms with van der Waals surface area (Å²) in [7, 11) is 3.27. The molecule has 2 aromatic carbocycles. The zero-order valence-electron chi connectivity index (χ0n) is 17.5. The van der Waals surface area contributed by atoms with Gasteiger partial charge in [0.05, 0.1) is 26.3 Å². The van der Waals surface area contributed by atoms with Crippen molar-refractivity contribution in [2.45, 2.75) is 26.3 Å². The van der Waals surface area contributed by atoms with Crippen LogP contribution in [0.3, 0.4) is 0 Å². The van der Waals surface area contributed by atoms with Crippen LogP contribution in [-0.4, -0.2) is 31.7 Å². The van der Waals surface area contributed by atoms with Crippen LogP contribution < -0.4 is 20.1 Å². The predicted molar refractivity (Wildman–Crippen MR) is 121 cm³/mol. The number of aryl methyl sites for hydroxylation is 1. The fourth-order valence-corrected chi connectivity index (χ4v) is 3.83. The maximum atomic E-state index is 12.3. The summed E-state index contributed by atoms with van der Waals surface area (Å²) in [6.45, 7) is 3.46. The molecule has 0 radical (unpaired) electrons. The number of ether oxygens (including phenoxy) is 2. The van der Waals surface area contributed by atoms with Crippen LogP contribution in [0.2, 0.25) is 0 Å². The van der Waals surface area contributed by atoms with Crippen molar-refractivity contribution < 1.29 is 14.3 Å². The summed E-state index contributed by atoms with van der Waals surface area (Å²) >= 11 is 1.51. The Labute approximate surface area is 181 Å². The van der Waals surface area contributed by atoms with Crippen LogP contribution in [0.15, 0.2) is 47.8 Å². The molecule has 3 aromatic rings. The number of thiazole rings is 1. The minimum Gasteiger partial charge on any atom is -0.493 e. The molecule has 0 bridgehead atoms. The minimum atomic E-state index is -0.0494. The number of methoxy groups -OCH3 is 2. The molecule has 158 valence electrons. The van der Waals surface area contributed by atoms with Gasteiger partial charge in [-0.1, -0.05) is 24.3 Å². The Morgan fingerprint density at radius 2 is 1.90 bits per heavy atom.